The molecule has 1 N–H and O–H groups in total. The van der Waals surface area contributed by atoms with Gasteiger partial charge >= 0.3 is 0 Å². The molecule has 0 unspecified atom stereocenters. The summed E-state index contributed by atoms with van der Waals surface area (Å²) in [7, 11) is 3.93. The average molecular weight is 316 g/mol. The van der Waals surface area contributed by atoms with Crippen LogP contribution in [0.2, 0.25) is 5.02 Å². The Morgan fingerprint density at radius 1 is 1.09 bits per heavy atom. The number of phenolic OH excluding ortho intramolecular Hbond substituents is 1. The van der Waals surface area contributed by atoms with Gasteiger partial charge in [0, 0.05) is 22.5 Å². The van der Waals surface area contributed by atoms with Crippen LogP contribution in [-0.4, -0.2) is 24.1 Å². The zero-order valence-corrected chi connectivity index (χ0v) is 13.6. The minimum atomic E-state index is 0.262. The second kappa shape index (κ2) is 5.67. The maximum atomic E-state index is 10.2. The summed E-state index contributed by atoms with van der Waals surface area (Å²) >= 11 is 5.97. The minimum Gasteiger partial charge on any atom is -0.507 e. The minimum absolute atomic E-state index is 0.262. The van der Waals surface area contributed by atoms with E-state index in [0.717, 1.165) is 33.4 Å². The molecule has 0 fully saturated rings. The molecule has 0 spiro atoms. The van der Waals surface area contributed by atoms with Crippen LogP contribution in [0.4, 0.5) is 0 Å². The number of benzene rings is 2. The van der Waals surface area contributed by atoms with Gasteiger partial charge in [0.1, 0.15) is 17.1 Å². The van der Waals surface area contributed by atoms with Crippen LogP contribution in [0.5, 0.6) is 5.75 Å². The Morgan fingerprint density at radius 3 is 2.41 bits per heavy atom. The van der Waals surface area contributed by atoms with Gasteiger partial charge < -0.3 is 14.4 Å². The number of aromatic hydroxyl groups is 1. The molecule has 0 aliphatic heterocycles. The Balaban J connectivity index is 2.24. The lowest BCUT2D eigenvalue weighted by atomic mass is 10.0. The van der Waals surface area contributed by atoms with Crippen LogP contribution in [0.1, 0.15) is 11.3 Å². The van der Waals surface area contributed by atoms with Crippen molar-refractivity contribution in [1.82, 2.24) is 4.90 Å². The number of nitrogens with zero attached hydrogens (tertiary/aromatic N) is 1. The standard InChI is InChI=1S/C18H18ClNO2/c1-11-17(12-4-6-13(19)7-5-12)14-8-9-16(21)15(10-20(2)3)18(14)22-11/h4-9,21H,10H2,1-3H3. The second-order valence-electron chi connectivity index (χ2n) is 5.72. The Hall–Kier alpha value is -1.97. The van der Waals surface area contributed by atoms with E-state index in [1.165, 1.54) is 0 Å². The number of fused-ring (bicyclic) bond motifs is 1. The molecular formula is C18H18ClNO2. The first kappa shape index (κ1) is 14.9. The van der Waals surface area contributed by atoms with Crippen molar-refractivity contribution in [3.05, 3.63) is 52.7 Å². The van der Waals surface area contributed by atoms with E-state index >= 15 is 0 Å². The first-order chi connectivity index (χ1) is 10.5. The van der Waals surface area contributed by atoms with E-state index in [2.05, 4.69) is 0 Å². The highest BCUT2D eigenvalue weighted by molar-refractivity contribution is 6.30. The summed E-state index contributed by atoms with van der Waals surface area (Å²) in [5.41, 5.74) is 3.66. The smallest absolute Gasteiger partial charge is 0.143 e. The Morgan fingerprint density at radius 2 is 1.77 bits per heavy atom. The lowest BCUT2D eigenvalue weighted by Crippen LogP contribution is -2.10. The van der Waals surface area contributed by atoms with Gasteiger partial charge in [-0.25, -0.2) is 0 Å². The topological polar surface area (TPSA) is 36.6 Å². The average Bonchev–Trinajstić information content (AvgIpc) is 2.79. The van der Waals surface area contributed by atoms with Crippen molar-refractivity contribution in [2.45, 2.75) is 13.5 Å². The molecule has 1 aromatic heterocycles. The van der Waals surface area contributed by atoms with E-state index < -0.39 is 0 Å². The van der Waals surface area contributed by atoms with Crippen LogP contribution in [0, 0.1) is 6.92 Å². The highest BCUT2D eigenvalue weighted by Gasteiger charge is 2.18. The summed E-state index contributed by atoms with van der Waals surface area (Å²) in [6.45, 7) is 2.57. The van der Waals surface area contributed by atoms with Crippen LogP contribution in [0.3, 0.4) is 0 Å². The van der Waals surface area contributed by atoms with Crippen LogP contribution < -0.4 is 0 Å². The lowest BCUT2D eigenvalue weighted by Gasteiger charge is -2.11. The van der Waals surface area contributed by atoms with Gasteiger partial charge in [-0.2, -0.15) is 0 Å². The molecule has 0 bridgehead atoms. The van der Waals surface area contributed by atoms with Crippen molar-refractivity contribution in [2.24, 2.45) is 0 Å². The van der Waals surface area contributed by atoms with Gasteiger partial charge in [-0.05, 0) is 50.8 Å². The van der Waals surface area contributed by atoms with Gasteiger partial charge in [0.05, 0.1) is 5.56 Å². The highest BCUT2D eigenvalue weighted by atomic mass is 35.5. The zero-order chi connectivity index (χ0) is 15.9. The molecule has 0 saturated heterocycles. The molecule has 3 aromatic rings. The van der Waals surface area contributed by atoms with Gasteiger partial charge in [-0.1, -0.05) is 23.7 Å². The summed E-state index contributed by atoms with van der Waals surface area (Å²) in [5.74, 6) is 1.10. The zero-order valence-electron chi connectivity index (χ0n) is 12.9. The van der Waals surface area contributed by atoms with Crippen LogP contribution in [-0.2, 0) is 6.54 Å². The first-order valence-corrected chi connectivity index (χ1v) is 7.50. The predicted octanol–water partition coefficient (Wildman–Crippen LogP) is 4.83. The summed E-state index contributed by atoms with van der Waals surface area (Å²) in [5, 5.41) is 11.9. The molecule has 0 saturated carbocycles. The van der Waals surface area contributed by atoms with Crippen molar-refractivity contribution >= 4 is 22.6 Å². The van der Waals surface area contributed by atoms with Crippen molar-refractivity contribution in [3.8, 4) is 16.9 Å². The third-order valence-corrected chi connectivity index (χ3v) is 3.97. The summed E-state index contributed by atoms with van der Waals surface area (Å²) < 4.78 is 5.98. The molecule has 4 heteroatoms. The third kappa shape index (κ3) is 2.58. The summed E-state index contributed by atoms with van der Waals surface area (Å²) in [6, 6.07) is 11.3. The fourth-order valence-electron chi connectivity index (χ4n) is 2.77. The van der Waals surface area contributed by atoms with E-state index in [-0.39, 0.29) is 5.75 Å². The van der Waals surface area contributed by atoms with Gasteiger partial charge in [-0.15, -0.1) is 0 Å². The molecule has 0 radical (unpaired) electrons. The third-order valence-electron chi connectivity index (χ3n) is 3.72. The van der Waals surface area contributed by atoms with Gasteiger partial charge in [-0.3, -0.25) is 0 Å². The molecule has 22 heavy (non-hydrogen) atoms. The number of hydrogen-bond donors (Lipinski definition) is 1. The van der Waals surface area contributed by atoms with Crippen LogP contribution >= 0.6 is 11.6 Å². The molecular weight excluding hydrogens is 298 g/mol. The van der Waals surface area contributed by atoms with E-state index in [0.29, 0.717) is 11.6 Å². The molecule has 3 nitrogen and oxygen atoms in total. The van der Waals surface area contributed by atoms with E-state index in [1.807, 2.05) is 56.3 Å². The van der Waals surface area contributed by atoms with Gasteiger partial charge in [0.15, 0.2) is 0 Å². The maximum Gasteiger partial charge on any atom is 0.143 e. The Kier molecular flexibility index (Phi) is 3.85. The molecule has 0 aliphatic rings. The fourth-order valence-corrected chi connectivity index (χ4v) is 2.89. The molecule has 3 rings (SSSR count). The van der Waals surface area contributed by atoms with Crippen LogP contribution in [0.25, 0.3) is 22.1 Å². The SMILES string of the molecule is Cc1oc2c(CN(C)C)c(O)ccc2c1-c1ccc(Cl)cc1. The fraction of sp³-hybridized carbons (Fsp3) is 0.222. The number of rotatable bonds is 3. The largest absolute Gasteiger partial charge is 0.507 e. The van der Waals surface area contributed by atoms with Crippen molar-refractivity contribution in [1.29, 1.82) is 0 Å². The Labute approximate surface area is 134 Å². The van der Waals surface area contributed by atoms with E-state index in [9.17, 15) is 5.11 Å². The molecule has 0 amide bonds. The van der Waals surface area contributed by atoms with E-state index in [4.69, 9.17) is 16.0 Å². The van der Waals surface area contributed by atoms with Crippen LogP contribution in [0.15, 0.2) is 40.8 Å². The molecule has 0 aliphatic carbocycles. The second-order valence-corrected chi connectivity index (χ2v) is 6.15. The number of phenols is 1. The Bertz CT molecular complexity index is 819. The number of furan rings is 1. The highest BCUT2D eigenvalue weighted by Crippen LogP contribution is 2.39. The van der Waals surface area contributed by atoms with E-state index in [1.54, 1.807) is 6.07 Å². The monoisotopic (exact) mass is 315 g/mol. The normalized spacial score (nSPS) is 11.5. The summed E-state index contributed by atoms with van der Waals surface area (Å²) in [4.78, 5) is 2.01. The number of hydrogen-bond acceptors (Lipinski definition) is 3. The molecule has 0 atom stereocenters. The maximum absolute atomic E-state index is 10.2. The van der Waals surface area contributed by atoms with Gasteiger partial charge in [0.2, 0.25) is 0 Å². The van der Waals surface area contributed by atoms with Gasteiger partial charge in [0.25, 0.3) is 0 Å². The lowest BCUT2D eigenvalue weighted by molar-refractivity contribution is 0.384. The number of aryl methyl sites for hydroxylation is 1. The summed E-state index contributed by atoms with van der Waals surface area (Å²) in [6.07, 6.45) is 0. The first-order valence-electron chi connectivity index (χ1n) is 7.12. The molecule has 1 heterocycles. The van der Waals surface area contributed by atoms with Crippen molar-refractivity contribution in [3.63, 3.8) is 0 Å². The number of halogens is 1. The molecule has 114 valence electrons. The molecule has 2 aromatic carbocycles. The predicted molar refractivity (Wildman–Crippen MR) is 90.5 cm³/mol. The quantitative estimate of drug-likeness (QED) is 0.752. The van der Waals surface area contributed by atoms with Crippen molar-refractivity contribution in [2.75, 3.05) is 14.1 Å². The van der Waals surface area contributed by atoms with Crippen molar-refractivity contribution < 1.29 is 9.52 Å².